The summed E-state index contributed by atoms with van der Waals surface area (Å²) < 4.78 is 78.8. The maximum absolute atomic E-state index is 13.2. The van der Waals surface area contributed by atoms with Crippen LogP contribution in [0.5, 0.6) is 0 Å². The summed E-state index contributed by atoms with van der Waals surface area (Å²) in [6, 6.07) is 6.69. The molecular weight excluding hydrogens is 322 g/mol. The number of rotatable bonds is 2. The quantitative estimate of drug-likeness (QED) is 0.738. The van der Waals surface area contributed by atoms with E-state index in [1.165, 1.54) is 6.07 Å². The zero-order valence-electron chi connectivity index (χ0n) is 11.3. The average Bonchev–Trinajstić information content (AvgIpc) is 2.45. The summed E-state index contributed by atoms with van der Waals surface area (Å²) in [5.74, 6) is 0. The van der Waals surface area contributed by atoms with Crippen molar-refractivity contribution in [2.75, 3.05) is 0 Å². The summed E-state index contributed by atoms with van der Waals surface area (Å²) in [5, 5.41) is 8.74. The molecule has 0 bridgehead atoms. The summed E-state index contributed by atoms with van der Waals surface area (Å²) in [6.45, 7) is 0. The largest absolute Gasteiger partial charge is 0.433 e. The molecular formula is C15H8F6N2. The van der Waals surface area contributed by atoms with Crippen LogP contribution in [0, 0.1) is 11.3 Å². The highest BCUT2D eigenvalue weighted by Crippen LogP contribution is 2.43. The van der Waals surface area contributed by atoms with Crippen molar-refractivity contribution in [2.45, 2.75) is 18.8 Å². The van der Waals surface area contributed by atoms with Gasteiger partial charge in [-0.15, -0.1) is 0 Å². The lowest BCUT2D eigenvalue weighted by atomic mass is 9.92. The molecule has 0 aliphatic heterocycles. The Morgan fingerprint density at radius 1 is 0.957 bits per heavy atom. The minimum atomic E-state index is -4.94. The molecule has 2 aromatic rings. The van der Waals surface area contributed by atoms with Crippen LogP contribution in [0.15, 0.2) is 36.5 Å². The molecule has 0 unspecified atom stereocenters. The molecule has 1 aromatic carbocycles. The lowest BCUT2D eigenvalue weighted by Crippen LogP contribution is -2.14. The number of aromatic nitrogens is 1. The molecule has 0 saturated carbocycles. The summed E-state index contributed by atoms with van der Waals surface area (Å²) in [5.41, 5.74) is -4.17. The van der Waals surface area contributed by atoms with Gasteiger partial charge in [0.15, 0.2) is 5.69 Å². The lowest BCUT2D eigenvalue weighted by Gasteiger charge is -2.18. The van der Waals surface area contributed by atoms with Gasteiger partial charge in [-0.25, -0.2) is 0 Å². The van der Waals surface area contributed by atoms with Crippen LogP contribution < -0.4 is 0 Å². The molecule has 0 N–H and O–H groups in total. The Hall–Kier alpha value is -2.56. The molecule has 0 saturated heterocycles. The molecule has 0 spiro atoms. The van der Waals surface area contributed by atoms with Crippen molar-refractivity contribution in [1.29, 1.82) is 5.26 Å². The monoisotopic (exact) mass is 330 g/mol. The van der Waals surface area contributed by atoms with E-state index < -0.39 is 41.2 Å². The average molecular weight is 330 g/mol. The molecule has 0 amide bonds. The number of pyridine rings is 1. The van der Waals surface area contributed by atoms with Crippen molar-refractivity contribution < 1.29 is 26.3 Å². The van der Waals surface area contributed by atoms with Gasteiger partial charge in [0, 0.05) is 11.8 Å². The van der Waals surface area contributed by atoms with Gasteiger partial charge >= 0.3 is 12.4 Å². The molecule has 0 atom stereocenters. The third kappa shape index (κ3) is 3.44. The highest BCUT2D eigenvalue weighted by Gasteiger charge is 2.40. The lowest BCUT2D eigenvalue weighted by molar-refractivity contribution is -0.141. The molecule has 2 rings (SSSR count). The highest BCUT2D eigenvalue weighted by molar-refractivity contribution is 5.74. The van der Waals surface area contributed by atoms with Gasteiger partial charge in [-0.05, 0) is 23.3 Å². The fraction of sp³-hybridized carbons (Fsp3) is 0.200. The Bertz CT molecular complexity index is 756. The van der Waals surface area contributed by atoms with Crippen molar-refractivity contribution >= 4 is 0 Å². The van der Waals surface area contributed by atoms with Gasteiger partial charge in [-0.3, -0.25) is 4.98 Å². The number of nitrogens with zero attached hydrogens (tertiary/aromatic N) is 2. The van der Waals surface area contributed by atoms with E-state index in [2.05, 4.69) is 4.98 Å². The van der Waals surface area contributed by atoms with Crippen LogP contribution in [-0.2, 0) is 18.8 Å². The van der Waals surface area contributed by atoms with E-state index >= 15 is 0 Å². The van der Waals surface area contributed by atoms with Crippen LogP contribution in [0.25, 0.3) is 11.1 Å². The number of alkyl halides is 6. The summed E-state index contributed by atoms with van der Waals surface area (Å²) in [6.07, 6.45) is -9.42. The Balaban J connectivity index is 2.85. The van der Waals surface area contributed by atoms with E-state index in [1.807, 2.05) is 0 Å². The van der Waals surface area contributed by atoms with E-state index in [0.717, 1.165) is 24.4 Å². The van der Waals surface area contributed by atoms with Gasteiger partial charge in [-0.2, -0.15) is 31.6 Å². The van der Waals surface area contributed by atoms with Crippen LogP contribution >= 0.6 is 0 Å². The van der Waals surface area contributed by atoms with Gasteiger partial charge in [0.2, 0.25) is 0 Å². The molecule has 120 valence electrons. The third-order valence-electron chi connectivity index (χ3n) is 3.08. The van der Waals surface area contributed by atoms with E-state index in [0.29, 0.717) is 6.07 Å². The predicted octanol–water partition coefficient (Wildman–Crippen LogP) is 4.85. The molecule has 2 nitrogen and oxygen atoms in total. The fourth-order valence-corrected chi connectivity index (χ4v) is 2.20. The first kappa shape index (κ1) is 16.8. The number of hydrogen-bond donors (Lipinski definition) is 0. The third-order valence-corrected chi connectivity index (χ3v) is 3.08. The standard InChI is InChI=1S/C15H8F6N2/c16-14(17,18)11-4-2-1-3-10(11)12-9(5-7-22)6-8-23-13(12)15(19,20)21/h1-4,6,8H,5H2. The van der Waals surface area contributed by atoms with Crippen molar-refractivity contribution in [3.05, 3.63) is 53.3 Å². The van der Waals surface area contributed by atoms with Gasteiger partial charge < -0.3 is 0 Å². The van der Waals surface area contributed by atoms with Crippen molar-refractivity contribution in [2.24, 2.45) is 0 Å². The summed E-state index contributed by atoms with van der Waals surface area (Å²) in [7, 11) is 0. The molecule has 0 aliphatic carbocycles. The van der Waals surface area contributed by atoms with Crippen LogP contribution in [0.2, 0.25) is 0 Å². The second-order valence-corrected chi connectivity index (χ2v) is 4.57. The van der Waals surface area contributed by atoms with E-state index in [4.69, 9.17) is 5.26 Å². The van der Waals surface area contributed by atoms with E-state index in [-0.39, 0.29) is 5.56 Å². The van der Waals surface area contributed by atoms with Crippen LogP contribution in [0.1, 0.15) is 16.8 Å². The van der Waals surface area contributed by atoms with Crippen molar-refractivity contribution in [3.8, 4) is 17.2 Å². The van der Waals surface area contributed by atoms with Crippen LogP contribution in [-0.4, -0.2) is 4.98 Å². The smallest absolute Gasteiger partial charge is 0.251 e. The van der Waals surface area contributed by atoms with E-state index in [9.17, 15) is 26.3 Å². The maximum atomic E-state index is 13.2. The Labute approximate surface area is 127 Å². The number of nitriles is 1. The van der Waals surface area contributed by atoms with Gasteiger partial charge in [-0.1, -0.05) is 18.2 Å². The molecule has 1 heterocycles. The number of halogens is 6. The van der Waals surface area contributed by atoms with Gasteiger partial charge in [0.05, 0.1) is 18.1 Å². The normalized spacial score (nSPS) is 12.0. The minimum Gasteiger partial charge on any atom is -0.251 e. The second kappa shape index (κ2) is 5.91. The van der Waals surface area contributed by atoms with E-state index in [1.54, 1.807) is 6.07 Å². The first-order chi connectivity index (χ1) is 10.7. The van der Waals surface area contributed by atoms with Crippen molar-refractivity contribution in [3.63, 3.8) is 0 Å². The topological polar surface area (TPSA) is 36.7 Å². The van der Waals surface area contributed by atoms with Crippen LogP contribution in [0.4, 0.5) is 26.3 Å². The molecule has 23 heavy (non-hydrogen) atoms. The number of benzene rings is 1. The molecule has 0 fully saturated rings. The SMILES string of the molecule is N#CCc1ccnc(C(F)(F)F)c1-c1ccccc1C(F)(F)F. The fourth-order valence-electron chi connectivity index (χ4n) is 2.20. The van der Waals surface area contributed by atoms with Gasteiger partial charge in [0.1, 0.15) is 0 Å². The molecule has 0 radical (unpaired) electrons. The summed E-state index contributed by atoms with van der Waals surface area (Å²) >= 11 is 0. The molecule has 1 aromatic heterocycles. The van der Waals surface area contributed by atoms with Crippen LogP contribution in [0.3, 0.4) is 0 Å². The highest BCUT2D eigenvalue weighted by atomic mass is 19.4. The molecule has 8 heteroatoms. The first-order valence-corrected chi connectivity index (χ1v) is 6.25. The Morgan fingerprint density at radius 2 is 1.61 bits per heavy atom. The Morgan fingerprint density at radius 3 is 2.17 bits per heavy atom. The maximum Gasteiger partial charge on any atom is 0.433 e. The van der Waals surface area contributed by atoms with Crippen molar-refractivity contribution in [1.82, 2.24) is 4.98 Å². The predicted molar refractivity (Wildman–Crippen MR) is 69.0 cm³/mol. The minimum absolute atomic E-state index is 0.161. The zero-order chi connectivity index (χ0) is 17.3. The number of hydrogen-bond acceptors (Lipinski definition) is 2. The molecule has 0 aliphatic rings. The summed E-state index contributed by atoms with van der Waals surface area (Å²) in [4.78, 5) is 3.19. The Kier molecular flexibility index (Phi) is 4.32. The second-order valence-electron chi connectivity index (χ2n) is 4.57. The van der Waals surface area contributed by atoms with Gasteiger partial charge in [0.25, 0.3) is 0 Å². The zero-order valence-corrected chi connectivity index (χ0v) is 11.3. The first-order valence-electron chi connectivity index (χ1n) is 6.25.